The Balaban J connectivity index is 2.21. The molecule has 0 aromatic heterocycles. The summed E-state index contributed by atoms with van der Waals surface area (Å²) < 4.78 is 0. The van der Waals surface area contributed by atoms with Crippen molar-refractivity contribution in [3.8, 4) is 0 Å². The minimum Gasteiger partial charge on any atom is -0.322 e. The molecule has 1 aromatic carbocycles. The third-order valence-corrected chi connectivity index (χ3v) is 4.43. The first-order chi connectivity index (χ1) is 8.04. The lowest BCUT2D eigenvalue weighted by Crippen LogP contribution is -2.55. The maximum absolute atomic E-state index is 6.50. The van der Waals surface area contributed by atoms with Gasteiger partial charge >= 0.3 is 0 Å². The highest BCUT2D eigenvalue weighted by atomic mass is 15.2. The Morgan fingerprint density at radius 3 is 2.59 bits per heavy atom. The number of nitrogens with two attached hydrogens (primary N) is 1. The quantitative estimate of drug-likeness (QED) is 0.849. The predicted octanol–water partition coefficient (Wildman–Crippen LogP) is 2.81. The Bertz CT molecular complexity index is 362. The van der Waals surface area contributed by atoms with Gasteiger partial charge in [-0.25, -0.2) is 0 Å². The van der Waals surface area contributed by atoms with E-state index < -0.39 is 0 Å². The van der Waals surface area contributed by atoms with Crippen molar-refractivity contribution in [2.45, 2.75) is 38.3 Å². The molecule has 1 aliphatic heterocycles. The average Bonchev–Trinajstić information content (AvgIpc) is 2.34. The van der Waals surface area contributed by atoms with E-state index in [1.165, 1.54) is 18.4 Å². The first-order valence-electron chi connectivity index (χ1n) is 6.56. The summed E-state index contributed by atoms with van der Waals surface area (Å²) in [6, 6.07) is 10.6. The molecule has 0 radical (unpaired) electrons. The summed E-state index contributed by atoms with van der Waals surface area (Å²) in [7, 11) is 2.21. The molecule has 2 heteroatoms. The zero-order chi connectivity index (χ0) is 12.5. The van der Waals surface area contributed by atoms with Crippen molar-refractivity contribution in [2.75, 3.05) is 13.6 Å². The second kappa shape index (κ2) is 4.79. The van der Waals surface area contributed by atoms with Crippen molar-refractivity contribution in [3.05, 3.63) is 35.9 Å². The van der Waals surface area contributed by atoms with Gasteiger partial charge in [-0.2, -0.15) is 0 Å². The molecule has 0 saturated carbocycles. The van der Waals surface area contributed by atoms with Crippen molar-refractivity contribution in [3.63, 3.8) is 0 Å². The molecule has 1 heterocycles. The third kappa shape index (κ3) is 2.38. The summed E-state index contributed by atoms with van der Waals surface area (Å²) in [4.78, 5) is 2.44. The van der Waals surface area contributed by atoms with E-state index in [0.717, 1.165) is 12.5 Å². The molecule has 1 saturated heterocycles. The van der Waals surface area contributed by atoms with Crippen LogP contribution in [0.15, 0.2) is 30.3 Å². The van der Waals surface area contributed by atoms with Crippen LogP contribution < -0.4 is 5.73 Å². The predicted molar refractivity (Wildman–Crippen MR) is 72.8 cm³/mol. The lowest BCUT2D eigenvalue weighted by molar-refractivity contribution is 0.0401. The molecule has 0 amide bonds. The number of piperidine rings is 1. The molecule has 2 N–H and O–H groups in total. The standard InChI is InChI=1S/C15H24N2/c1-12-9-10-15(2,17(3)11-12)14(16)13-7-5-4-6-8-13/h4-8,12,14H,9-11,16H2,1-3H3/t12?,14-,15?/m1/s1. The molecule has 0 bridgehead atoms. The van der Waals surface area contributed by atoms with Crippen LogP contribution in [0.2, 0.25) is 0 Å². The summed E-state index contributed by atoms with van der Waals surface area (Å²) >= 11 is 0. The van der Waals surface area contributed by atoms with Gasteiger partial charge in [0.05, 0.1) is 0 Å². The SMILES string of the molecule is CC1CCC(C)([C@H](N)c2ccccc2)N(C)C1. The van der Waals surface area contributed by atoms with Gasteiger partial charge in [0.25, 0.3) is 0 Å². The summed E-state index contributed by atoms with van der Waals surface area (Å²) in [5.41, 5.74) is 7.84. The lowest BCUT2D eigenvalue weighted by Gasteiger charge is -2.48. The smallest absolute Gasteiger partial charge is 0.0479 e. The fourth-order valence-electron chi connectivity index (χ4n) is 2.91. The molecule has 0 aliphatic carbocycles. The van der Waals surface area contributed by atoms with Crippen LogP contribution in [0.25, 0.3) is 0 Å². The van der Waals surface area contributed by atoms with Gasteiger partial charge in [0.15, 0.2) is 0 Å². The van der Waals surface area contributed by atoms with Gasteiger partial charge in [-0.1, -0.05) is 37.3 Å². The van der Waals surface area contributed by atoms with E-state index in [1.54, 1.807) is 0 Å². The molecule has 1 aromatic rings. The summed E-state index contributed by atoms with van der Waals surface area (Å²) in [6.45, 7) is 5.78. The topological polar surface area (TPSA) is 29.3 Å². The average molecular weight is 232 g/mol. The monoisotopic (exact) mass is 232 g/mol. The second-order valence-electron chi connectivity index (χ2n) is 5.77. The van der Waals surface area contributed by atoms with E-state index in [0.29, 0.717) is 0 Å². The highest BCUT2D eigenvalue weighted by Gasteiger charge is 2.39. The van der Waals surface area contributed by atoms with E-state index in [-0.39, 0.29) is 11.6 Å². The number of hydrogen-bond acceptors (Lipinski definition) is 2. The Hall–Kier alpha value is -0.860. The van der Waals surface area contributed by atoms with Gasteiger partial charge in [0.1, 0.15) is 0 Å². The highest BCUT2D eigenvalue weighted by molar-refractivity contribution is 5.22. The maximum Gasteiger partial charge on any atom is 0.0479 e. The van der Waals surface area contributed by atoms with Crippen molar-refractivity contribution < 1.29 is 0 Å². The van der Waals surface area contributed by atoms with Gasteiger partial charge in [0.2, 0.25) is 0 Å². The fraction of sp³-hybridized carbons (Fsp3) is 0.600. The Morgan fingerprint density at radius 2 is 2.00 bits per heavy atom. The molecular weight excluding hydrogens is 208 g/mol. The zero-order valence-corrected chi connectivity index (χ0v) is 11.2. The van der Waals surface area contributed by atoms with Crippen LogP contribution in [0, 0.1) is 5.92 Å². The van der Waals surface area contributed by atoms with Crippen molar-refractivity contribution in [1.29, 1.82) is 0 Å². The number of benzene rings is 1. The van der Waals surface area contributed by atoms with Crippen LogP contribution in [0.4, 0.5) is 0 Å². The lowest BCUT2D eigenvalue weighted by atomic mass is 9.77. The van der Waals surface area contributed by atoms with E-state index in [4.69, 9.17) is 5.73 Å². The first kappa shape index (κ1) is 12.6. The minimum atomic E-state index is 0.0911. The Labute approximate surface area is 105 Å². The molecule has 2 nitrogen and oxygen atoms in total. The number of rotatable bonds is 2. The third-order valence-electron chi connectivity index (χ3n) is 4.43. The molecule has 1 aliphatic rings. The molecule has 0 spiro atoms. The van der Waals surface area contributed by atoms with E-state index in [1.807, 2.05) is 6.07 Å². The molecular formula is C15H24N2. The van der Waals surface area contributed by atoms with Crippen LogP contribution in [-0.4, -0.2) is 24.0 Å². The summed E-state index contributed by atoms with van der Waals surface area (Å²) in [6.07, 6.45) is 2.46. The van der Waals surface area contributed by atoms with Gasteiger partial charge < -0.3 is 5.73 Å². The van der Waals surface area contributed by atoms with Crippen LogP contribution in [0.3, 0.4) is 0 Å². The minimum absolute atomic E-state index is 0.0911. The Morgan fingerprint density at radius 1 is 1.35 bits per heavy atom. The molecule has 3 atom stereocenters. The Kier molecular flexibility index (Phi) is 3.55. The molecule has 2 rings (SSSR count). The van der Waals surface area contributed by atoms with Gasteiger partial charge in [-0.3, -0.25) is 4.90 Å². The van der Waals surface area contributed by atoms with Crippen LogP contribution >= 0.6 is 0 Å². The number of likely N-dealkylation sites (N-methyl/N-ethyl adjacent to an activating group) is 1. The second-order valence-corrected chi connectivity index (χ2v) is 5.77. The number of likely N-dealkylation sites (tertiary alicyclic amines) is 1. The molecule has 2 unspecified atom stereocenters. The fourth-order valence-corrected chi connectivity index (χ4v) is 2.91. The molecule has 17 heavy (non-hydrogen) atoms. The van der Waals surface area contributed by atoms with Crippen LogP contribution in [0.1, 0.15) is 38.3 Å². The maximum atomic E-state index is 6.50. The van der Waals surface area contributed by atoms with Crippen molar-refractivity contribution in [1.82, 2.24) is 4.90 Å². The van der Waals surface area contributed by atoms with Crippen LogP contribution in [-0.2, 0) is 0 Å². The van der Waals surface area contributed by atoms with E-state index in [9.17, 15) is 0 Å². The van der Waals surface area contributed by atoms with Crippen molar-refractivity contribution in [2.24, 2.45) is 11.7 Å². The first-order valence-corrected chi connectivity index (χ1v) is 6.56. The van der Waals surface area contributed by atoms with E-state index in [2.05, 4.69) is 50.1 Å². The van der Waals surface area contributed by atoms with E-state index >= 15 is 0 Å². The largest absolute Gasteiger partial charge is 0.322 e. The summed E-state index contributed by atoms with van der Waals surface area (Å²) in [5, 5.41) is 0. The van der Waals surface area contributed by atoms with Gasteiger partial charge in [-0.05, 0) is 38.3 Å². The number of nitrogens with zero attached hydrogens (tertiary/aromatic N) is 1. The highest BCUT2D eigenvalue weighted by Crippen LogP contribution is 2.37. The van der Waals surface area contributed by atoms with Gasteiger partial charge in [0, 0.05) is 18.1 Å². The van der Waals surface area contributed by atoms with Crippen LogP contribution in [0.5, 0.6) is 0 Å². The van der Waals surface area contributed by atoms with Crippen molar-refractivity contribution >= 4 is 0 Å². The molecule has 1 fully saturated rings. The van der Waals surface area contributed by atoms with Gasteiger partial charge in [-0.15, -0.1) is 0 Å². The zero-order valence-electron chi connectivity index (χ0n) is 11.2. The number of hydrogen-bond donors (Lipinski definition) is 1. The molecule has 94 valence electrons. The normalized spacial score (nSPS) is 32.4. The summed E-state index contributed by atoms with van der Waals surface area (Å²) in [5.74, 6) is 0.788.